The highest BCUT2D eigenvalue weighted by Crippen LogP contribution is 2.02. The van der Waals surface area contributed by atoms with Crippen LogP contribution in [-0.4, -0.2) is 31.9 Å². The van der Waals surface area contributed by atoms with Crippen molar-refractivity contribution < 1.29 is 17.6 Å². The standard InChI is InChI=1S/C10H16N2O4S/c1-8(17(14,15)7-10(11)13)5-12-6-9-3-2-4-16-9/h2-4,8,12H,5-7H2,1H3,(H2,11,13). The van der Waals surface area contributed by atoms with Crippen LogP contribution in [0.15, 0.2) is 22.8 Å². The highest BCUT2D eigenvalue weighted by atomic mass is 32.2. The summed E-state index contributed by atoms with van der Waals surface area (Å²) >= 11 is 0. The summed E-state index contributed by atoms with van der Waals surface area (Å²) in [5, 5.41) is 2.28. The minimum atomic E-state index is -3.47. The highest BCUT2D eigenvalue weighted by Gasteiger charge is 2.22. The average Bonchev–Trinajstić information content (AvgIpc) is 2.68. The van der Waals surface area contributed by atoms with Gasteiger partial charge in [-0.05, 0) is 19.1 Å². The SMILES string of the molecule is CC(CNCc1ccco1)S(=O)(=O)CC(N)=O. The Morgan fingerprint density at radius 3 is 2.82 bits per heavy atom. The Hall–Kier alpha value is -1.34. The second-order valence-electron chi connectivity index (χ2n) is 3.79. The van der Waals surface area contributed by atoms with Crippen LogP contribution in [0.4, 0.5) is 0 Å². The summed E-state index contributed by atoms with van der Waals surface area (Å²) in [6.07, 6.45) is 1.55. The van der Waals surface area contributed by atoms with Crippen molar-refractivity contribution in [1.29, 1.82) is 0 Å². The predicted molar refractivity (Wildman–Crippen MR) is 62.9 cm³/mol. The summed E-state index contributed by atoms with van der Waals surface area (Å²) in [5.74, 6) is -0.719. The van der Waals surface area contributed by atoms with E-state index in [1.807, 2.05) is 0 Å². The molecule has 6 nitrogen and oxygen atoms in total. The quantitative estimate of drug-likeness (QED) is 0.698. The van der Waals surface area contributed by atoms with Crippen molar-refractivity contribution in [3.8, 4) is 0 Å². The lowest BCUT2D eigenvalue weighted by Crippen LogP contribution is -2.36. The Balaban J connectivity index is 2.39. The summed E-state index contributed by atoms with van der Waals surface area (Å²) in [6.45, 7) is 2.23. The molecule has 0 saturated heterocycles. The molecule has 0 fully saturated rings. The van der Waals surface area contributed by atoms with E-state index in [2.05, 4.69) is 5.32 Å². The third kappa shape index (κ3) is 4.58. The minimum Gasteiger partial charge on any atom is -0.468 e. The fraction of sp³-hybridized carbons (Fsp3) is 0.500. The molecule has 7 heteroatoms. The van der Waals surface area contributed by atoms with Crippen LogP contribution in [0.3, 0.4) is 0 Å². The van der Waals surface area contributed by atoms with E-state index >= 15 is 0 Å². The summed E-state index contributed by atoms with van der Waals surface area (Å²) in [6, 6.07) is 3.54. The lowest BCUT2D eigenvalue weighted by atomic mass is 10.4. The van der Waals surface area contributed by atoms with Gasteiger partial charge in [0.05, 0.1) is 18.1 Å². The van der Waals surface area contributed by atoms with Crippen molar-refractivity contribution >= 4 is 15.7 Å². The first-order valence-electron chi connectivity index (χ1n) is 5.15. The number of primary amides is 1. The van der Waals surface area contributed by atoms with Gasteiger partial charge < -0.3 is 15.5 Å². The first-order chi connectivity index (χ1) is 7.92. The number of hydrogen-bond acceptors (Lipinski definition) is 5. The third-order valence-corrected chi connectivity index (χ3v) is 4.35. The maximum absolute atomic E-state index is 11.6. The molecule has 0 spiro atoms. The Morgan fingerprint density at radius 1 is 1.59 bits per heavy atom. The first-order valence-corrected chi connectivity index (χ1v) is 6.86. The van der Waals surface area contributed by atoms with Gasteiger partial charge in [0.2, 0.25) is 5.91 Å². The first kappa shape index (κ1) is 13.7. The topological polar surface area (TPSA) is 102 Å². The van der Waals surface area contributed by atoms with Gasteiger partial charge in [-0.15, -0.1) is 0 Å². The number of nitrogens with two attached hydrogens (primary N) is 1. The minimum absolute atomic E-state index is 0.246. The van der Waals surface area contributed by atoms with E-state index in [9.17, 15) is 13.2 Å². The molecule has 0 aromatic carbocycles. The molecule has 0 radical (unpaired) electrons. The van der Waals surface area contributed by atoms with E-state index < -0.39 is 26.7 Å². The van der Waals surface area contributed by atoms with Gasteiger partial charge in [-0.3, -0.25) is 4.79 Å². The predicted octanol–water partition coefficient (Wildman–Crippen LogP) is -0.342. The molecule has 1 heterocycles. The molecule has 0 aliphatic rings. The number of rotatable bonds is 7. The van der Waals surface area contributed by atoms with Crippen LogP contribution in [0.5, 0.6) is 0 Å². The molecule has 1 amide bonds. The molecule has 3 N–H and O–H groups in total. The second kappa shape index (κ2) is 5.83. The van der Waals surface area contributed by atoms with Gasteiger partial charge in [-0.25, -0.2) is 8.42 Å². The van der Waals surface area contributed by atoms with Crippen LogP contribution in [0.1, 0.15) is 12.7 Å². The molecule has 1 rings (SSSR count). The molecule has 0 aliphatic carbocycles. The van der Waals surface area contributed by atoms with Crippen molar-refractivity contribution in [3.63, 3.8) is 0 Å². The van der Waals surface area contributed by atoms with E-state index in [-0.39, 0.29) is 6.54 Å². The van der Waals surface area contributed by atoms with Crippen molar-refractivity contribution in [2.75, 3.05) is 12.3 Å². The molecule has 0 aliphatic heterocycles. The smallest absolute Gasteiger partial charge is 0.232 e. The van der Waals surface area contributed by atoms with Gasteiger partial charge in [-0.1, -0.05) is 0 Å². The monoisotopic (exact) mass is 260 g/mol. The lowest BCUT2D eigenvalue weighted by molar-refractivity contribution is -0.115. The van der Waals surface area contributed by atoms with E-state index in [0.29, 0.717) is 6.54 Å². The Kier molecular flexibility index (Phi) is 4.71. The number of amides is 1. The zero-order valence-corrected chi connectivity index (χ0v) is 10.4. The lowest BCUT2D eigenvalue weighted by Gasteiger charge is -2.11. The Labute approximate surface area is 100 Å². The van der Waals surface area contributed by atoms with Gasteiger partial charge in [-0.2, -0.15) is 0 Å². The zero-order valence-electron chi connectivity index (χ0n) is 9.55. The van der Waals surface area contributed by atoms with E-state index in [1.54, 1.807) is 18.4 Å². The van der Waals surface area contributed by atoms with Gasteiger partial charge in [0.15, 0.2) is 9.84 Å². The van der Waals surface area contributed by atoms with Gasteiger partial charge in [0.1, 0.15) is 11.5 Å². The van der Waals surface area contributed by atoms with Crippen LogP contribution in [0, 0.1) is 0 Å². The van der Waals surface area contributed by atoms with Crippen molar-refractivity contribution in [3.05, 3.63) is 24.2 Å². The van der Waals surface area contributed by atoms with E-state index in [1.165, 1.54) is 6.92 Å². The average molecular weight is 260 g/mol. The highest BCUT2D eigenvalue weighted by molar-refractivity contribution is 7.92. The molecule has 1 aromatic rings. The number of hydrogen-bond donors (Lipinski definition) is 2. The van der Waals surface area contributed by atoms with Gasteiger partial charge in [0.25, 0.3) is 0 Å². The Morgan fingerprint density at radius 2 is 2.29 bits per heavy atom. The molecule has 1 aromatic heterocycles. The van der Waals surface area contributed by atoms with Crippen LogP contribution in [-0.2, 0) is 21.2 Å². The molecule has 1 unspecified atom stereocenters. The fourth-order valence-electron chi connectivity index (χ4n) is 1.28. The van der Waals surface area contributed by atoms with Crippen LogP contribution >= 0.6 is 0 Å². The maximum Gasteiger partial charge on any atom is 0.232 e. The van der Waals surface area contributed by atoms with Crippen LogP contribution in [0.25, 0.3) is 0 Å². The van der Waals surface area contributed by atoms with Gasteiger partial charge in [0, 0.05) is 6.54 Å². The second-order valence-corrected chi connectivity index (χ2v) is 6.21. The van der Waals surface area contributed by atoms with E-state index in [4.69, 9.17) is 10.2 Å². The van der Waals surface area contributed by atoms with Crippen molar-refractivity contribution in [2.24, 2.45) is 5.73 Å². The molecular weight excluding hydrogens is 244 g/mol. The number of furan rings is 1. The summed E-state index contributed by atoms with van der Waals surface area (Å²) in [4.78, 5) is 10.6. The molecule has 96 valence electrons. The largest absolute Gasteiger partial charge is 0.468 e. The number of nitrogens with one attached hydrogen (secondary N) is 1. The van der Waals surface area contributed by atoms with Crippen molar-refractivity contribution in [1.82, 2.24) is 5.32 Å². The normalized spacial score (nSPS) is 13.5. The molecular formula is C10H16N2O4S. The molecule has 1 atom stereocenters. The maximum atomic E-state index is 11.6. The van der Waals surface area contributed by atoms with Crippen LogP contribution < -0.4 is 11.1 Å². The third-order valence-electron chi connectivity index (χ3n) is 2.27. The molecule has 17 heavy (non-hydrogen) atoms. The van der Waals surface area contributed by atoms with Crippen LogP contribution in [0.2, 0.25) is 0 Å². The zero-order chi connectivity index (χ0) is 12.9. The summed E-state index contributed by atoms with van der Waals surface area (Å²) < 4.78 is 28.2. The molecule has 0 saturated carbocycles. The fourth-order valence-corrected chi connectivity index (χ4v) is 2.33. The van der Waals surface area contributed by atoms with Gasteiger partial charge >= 0.3 is 0 Å². The molecule has 0 bridgehead atoms. The number of sulfone groups is 1. The summed E-state index contributed by atoms with van der Waals surface area (Å²) in [5.41, 5.74) is 4.87. The van der Waals surface area contributed by atoms with Crippen molar-refractivity contribution in [2.45, 2.75) is 18.7 Å². The van der Waals surface area contributed by atoms with E-state index in [0.717, 1.165) is 5.76 Å². The Bertz CT molecular complexity index is 453. The summed E-state index contributed by atoms with van der Waals surface area (Å²) in [7, 11) is -3.47. The number of carbonyl (C=O) groups excluding carboxylic acids is 1. The number of carbonyl (C=O) groups is 1.